The molecule has 2 rings (SSSR count). The molecule has 0 aromatic heterocycles. The molecule has 18 nitrogen and oxygen atoms in total. The van der Waals surface area contributed by atoms with E-state index in [9.17, 15) is 43.8 Å². The summed E-state index contributed by atoms with van der Waals surface area (Å²) in [5.41, 5.74) is 11.2. The number of thiol groups is 1. The minimum atomic E-state index is -1.62. The lowest BCUT2D eigenvalue weighted by molar-refractivity contribution is -0.141. The van der Waals surface area contributed by atoms with Gasteiger partial charge < -0.3 is 53.6 Å². The third-order valence-corrected chi connectivity index (χ3v) is 7.48. The topological polar surface area (TPSA) is 297 Å². The summed E-state index contributed by atoms with van der Waals surface area (Å²) in [5.74, 6) is -5.63. The van der Waals surface area contributed by atoms with E-state index in [1.54, 1.807) is 0 Å². The molecule has 1 aromatic rings. The van der Waals surface area contributed by atoms with Gasteiger partial charge in [-0.3, -0.25) is 38.6 Å². The van der Waals surface area contributed by atoms with E-state index in [-0.39, 0.29) is 56.3 Å². The lowest BCUT2D eigenvalue weighted by atomic mass is 10.0. The van der Waals surface area contributed by atoms with Crippen LogP contribution in [0.4, 0.5) is 0 Å². The molecule has 1 saturated heterocycles. The quantitative estimate of drug-likeness (QED) is 0.0381. The highest BCUT2D eigenvalue weighted by Gasteiger charge is 2.33. The molecule has 0 radical (unpaired) electrons. The number of nitrogens with zero attached hydrogens (tertiary/aromatic N) is 1. The predicted octanol–water partition coefficient (Wildman–Crippen LogP) is -2.86. The van der Waals surface area contributed by atoms with Crippen molar-refractivity contribution in [1.82, 2.24) is 31.9 Å². The highest BCUT2D eigenvalue weighted by atomic mass is 32.1. The van der Waals surface area contributed by atoms with Crippen molar-refractivity contribution in [2.24, 2.45) is 16.5 Å². The SMILES string of the molecule is NC(N)=NCCC[C@@H]1NC(=O)[C@H](CCCCNC(=O)CCS)NC(=O)[C@@H](Cc2ccc(O)cc2)NC(=O)[C@H](CC(=O)O)NC(=O)CNC1=O. The highest BCUT2D eigenvalue weighted by molar-refractivity contribution is 7.80. The van der Waals surface area contributed by atoms with Crippen molar-refractivity contribution in [1.29, 1.82) is 0 Å². The van der Waals surface area contributed by atoms with E-state index < -0.39 is 72.6 Å². The number of carboxylic acids is 1. The van der Waals surface area contributed by atoms with Crippen LogP contribution < -0.4 is 43.4 Å². The van der Waals surface area contributed by atoms with Crippen molar-refractivity contribution in [2.45, 2.75) is 75.5 Å². The molecule has 0 aliphatic carbocycles. The molecule has 0 spiro atoms. The Labute approximate surface area is 288 Å². The van der Waals surface area contributed by atoms with Crippen molar-refractivity contribution in [3.63, 3.8) is 0 Å². The first-order valence-electron chi connectivity index (χ1n) is 15.7. The fraction of sp³-hybridized carbons (Fsp3) is 0.533. The summed E-state index contributed by atoms with van der Waals surface area (Å²) in [6.45, 7) is -0.222. The maximum absolute atomic E-state index is 13.7. The van der Waals surface area contributed by atoms with Crippen LogP contribution in [0.1, 0.15) is 50.5 Å². The molecule has 19 heteroatoms. The zero-order valence-corrected chi connectivity index (χ0v) is 27.8. The van der Waals surface area contributed by atoms with Gasteiger partial charge in [-0.25, -0.2) is 0 Å². The minimum Gasteiger partial charge on any atom is -0.508 e. The molecular formula is C30H45N9O9S. The van der Waals surface area contributed by atoms with Gasteiger partial charge in [0.25, 0.3) is 0 Å². The van der Waals surface area contributed by atoms with Gasteiger partial charge in [0.15, 0.2) is 5.96 Å². The summed E-state index contributed by atoms with van der Waals surface area (Å²) in [4.78, 5) is 93.8. The third-order valence-electron chi connectivity index (χ3n) is 7.25. The summed E-state index contributed by atoms with van der Waals surface area (Å²) in [5, 5.41) is 34.2. The largest absolute Gasteiger partial charge is 0.508 e. The third kappa shape index (κ3) is 15.6. The number of rotatable bonds is 15. The Morgan fingerprint density at radius 1 is 0.837 bits per heavy atom. The molecule has 0 unspecified atom stereocenters. The van der Waals surface area contributed by atoms with Crippen LogP contribution in [0.3, 0.4) is 0 Å². The summed E-state index contributed by atoms with van der Waals surface area (Å²) >= 11 is 4.03. The number of unbranched alkanes of at least 4 members (excludes halogenated alkanes) is 1. The number of aromatic hydroxyl groups is 1. The van der Waals surface area contributed by atoms with E-state index in [1.807, 2.05) is 0 Å². The van der Waals surface area contributed by atoms with Crippen LogP contribution in [0.15, 0.2) is 29.3 Å². The molecule has 0 saturated carbocycles. The van der Waals surface area contributed by atoms with E-state index in [2.05, 4.69) is 49.5 Å². The van der Waals surface area contributed by atoms with Crippen molar-refractivity contribution < 1.29 is 43.8 Å². The summed E-state index contributed by atoms with van der Waals surface area (Å²) in [6.07, 6.45) is 0.430. The minimum absolute atomic E-state index is 0.0406. The number of hydrogen-bond acceptors (Lipinski definition) is 10. The predicted molar refractivity (Wildman–Crippen MR) is 180 cm³/mol. The zero-order chi connectivity index (χ0) is 36.3. The van der Waals surface area contributed by atoms with Crippen LogP contribution >= 0.6 is 12.6 Å². The van der Waals surface area contributed by atoms with Crippen molar-refractivity contribution in [3.05, 3.63) is 29.8 Å². The smallest absolute Gasteiger partial charge is 0.305 e. The van der Waals surface area contributed by atoms with Crippen molar-refractivity contribution in [3.8, 4) is 5.75 Å². The van der Waals surface area contributed by atoms with Crippen LogP contribution in [-0.2, 0) is 40.0 Å². The van der Waals surface area contributed by atoms with E-state index >= 15 is 0 Å². The van der Waals surface area contributed by atoms with Crippen LogP contribution in [0, 0.1) is 0 Å². The first-order chi connectivity index (χ1) is 23.3. The number of carboxylic acid groups (broad SMARTS) is 1. The Morgan fingerprint density at radius 3 is 2.06 bits per heavy atom. The Bertz CT molecular complexity index is 1360. The van der Waals surface area contributed by atoms with Gasteiger partial charge in [-0.15, -0.1) is 0 Å². The Kier molecular flexibility index (Phi) is 17.2. The van der Waals surface area contributed by atoms with Gasteiger partial charge in [0.1, 0.15) is 29.9 Å². The van der Waals surface area contributed by atoms with E-state index in [0.29, 0.717) is 30.7 Å². The number of phenols is 1. The molecule has 0 bridgehead atoms. The van der Waals surface area contributed by atoms with Gasteiger partial charge in [-0.1, -0.05) is 12.1 Å². The first kappa shape index (κ1) is 40.1. The molecule has 1 aliphatic rings. The van der Waals surface area contributed by atoms with Gasteiger partial charge in [0.2, 0.25) is 35.4 Å². The van der Waals surface area contributed by atoms with E-state index in [4.69, 9.17) is 11.5 Å². The number of carbonyl (C=O) groups is 7. The second-order valence-electron chi connectivity index (χ2n) is 11.3. The lowest BCUT2D eigenvalue weighted by Gasteiger charge is -2.26. The number of amides is 6. The zero-order valence-electron chi connectivity index (χ0n) is 26.9. The van der Waals surface area contributed by atoms with Gasteiger partial charge in [-0.05, 0) is 55.6 Å². The number of carbonyl (C=O) groups excluding carboxylic acids is 6. The Morgan fingerprint density at radius 2 is 1.43 bits per heavy atom. The Balaban J connectivity index is 2.43. The fourth-order valence-corrected chi connectivity index (χ4v) is 4.95. The van der Waals surface area contributed by atoms with Gasteiger partial charge >= 0.3 is 5.97 Å². The summed E-state index contributed by atoms with van der Waals surface area (Å²) < 4.78 is 0. The number of aliphatic carboxylic acids is 1. The van der Waals surface area contributed by atoms with Crippen LogP contribution in [0.2, 0.25) is 0 Å². The monoisotopic (exact) mass is 707 g/mol. The number of hydrogen-bond donors (Lipinski definition) is 11. The van der Waals surface area contributed by atoms with Crippen LogP contribution in [0.25, 0.3) is 0 Å². The van der Waals surface area contributed by atoms with E-state index in [1.165, 1.54) is 24.3 Å². The number of nitrogens with one attached hydrogen (secondary N) is 6. The molecule has 1 heterocycles. The standard InChI is InChI=1S/C30H45N9O9S/c31-30(32)34-12-3-5-19-26(45)35-16-24(42)36-22(15-25(43)44)29(48)39-21(14-17-6-8-18(40)9-7-17)28(47)38-20(27(46)37-19)4-1-2-11-33-23(41)10-13-49/h6-9,19-22,40,49H,1-5,10-16H2,(H,33,41)(H,35,45)(H,36,42)(H,37,46)(H,38,47)(H,39,48)(H,43,44)(H4,31,32,34)/t19-,20-,21+,22-/m0/s1. The molecule has 270 valence electrons. The van der Waals surface area contributed by atoms with Gasteiger partial charge in [0, 0.05) is 25.9 Å². The van der Waals surface area contributed by atoms with Gasteiger partial charge in [0.05, 0.1) is 13.0 Å². The van der Waals surface area contributed by atoms with Gasteiger partial charge in [-0.2, -0.15) is 12.6 Å². The summed E-state index contributed by atoms with van der Waals surface area (Å²) in [6, 6.07) is 0.380. The number of nitrogens with two attached hydrogens (primary N) is 2. The lowest BCUT2D eigenvalue weighted by Crippen LogP contribution is -2.58. The normalized spacial score (nSPS) is 20.6. The van der Waals surface area contributed by atoms with Crippen LogP contribution in [0.5, 0.6) is 5.75 Å². The number of guanidine groups is 1. The summed E-state index contributed by atoms with van der Waals surface area (Å²) in [7, 11) is 0. The Hall–Kier alpha value is -5.07. The van der Waals surface area contributed by atoms with Crippen LogP contribution in [-0.4, -0.2) is 107 Å². The molecule has 4 atom stereocenters. The number of phenolic OH excluding ortho intramolecular Hbond substituents is 1. The fourth-order valence-electron chi connectivity index (χ4n) is 4.75. The highest BCUT2D eigenvalue weighted by Crippen LogP contribution is 2.13. The number of aliphatic imine (C=N–C) groups is 1. The molecule has 1 aliphatic heterocycles. The first-order valence-corrected chi connectivity index (χ1v) is 16.3. The van der Waals surface area contributed by atoms with Crippen molar-refractivity contribution >= 4 is 60.0 Å². The number of benzene rings is 1. The maximum atomic E-state index is 13.7. The van der Waals surface area contributed by atoms with E-state index in [0.717, 1.165) is 0 Å². The van der Waals surface area contributed by atoms with Crippen molar-refractivity contribution in [2.75, 3.05) is 25.4 Å². The second kappa shape index (κ2) is 21.0. The molecular weight excluding hydrogens is 662 g/mol. The average Bonchev–Trinajstić information content (AvgIpc) is 3.03. The average molecular weight is 708 g/mol. The molecule has 1 fully saturated rings. The molecule has 12 N–H and O–H groups in total. The molecule has 1 aromatic carbocycles. The molecule has 6 amide bonds. The molecule has 49 heavy (non-hydrogen) atoms. The maximum Gasteiger partial charge on any atom is 0.305 e. The second-order valence-corrected chi connectivity index (χ2v) is 11.7.